The second-order valence-corrected chi connectivity index (χ2v) is 6.05. The molecule has 2 aromatic carbocycles. The SMILES string of the molecule is O=C(CCSc1cccc(Br)c1)Nc1ccccc1. The lowest BCUT2D eigenvalue weighted by atomic mass is 10.3. The summed E-state index contributed by atoms with van der Waals surface area (Å²) in [6.07, 6.45) is 0.506. The zero-order chi connectivity index (χ0) is 13.5. The molecule has 2 nitrogen and oxygen atoms in total. The smallest absolute Gasteiger partial charge is 0.225 e. The molecule has 0 aliphatic carbocycles. The maximum Gasteiger partial charge on any atom is 0.225 e. The van der Waals surface area contributed by atoms with Gasteiger partial charge in [0.2, 0.25) is 5.91 Å². The molecule has 4 heteroatoms. The third-order valence-corrected chi connectivity index (χ3v) is 3.94. The molecule has 98 valence electrons. The number of halogens is 1. The Balaban J connectivity index is 1.75. The molecule has 0 atom stereocenters. The fourth-order valence-corrected chi connectivity index (χ4v) is 3.02. The zero-order valence-electron chi connectivity index (χ0n) is 10.3. The molecule has 0 saturated heterocycles. The van der Waals surface area contributed by atoms with Gasteiger partial charge in [0.15, 0.2) is 0 Å². The third-order valence-electron chi connectivity index (χ3n) is 2.45. The fraction of sp³-hybridized carbons (Fsp3) is 0.133. The number of carbonyl (C=O) groups is 1. The lowest BCUT2D eigenvalue weighted by Crippen LogP contribution is -2.11. The van der Waals surface area contributed by atoms with Crippen LogP contribution in [0, 0.1) is 0 Å². The minimum atomic E-state index is 0.0497. The fourth-order valence-electron chi connectivity index (χ4n) is 1.56. The van der Waals surface area contributed by atoms with E-state index in [9.17, 15) is 4.79 Å². The summed E-state index contributed by atoms with van der Waals surface area (Å²) in [4.78, 5) is 12.9. The summed E-state index contributed by atoms with van der Waals surface area (Å²) in [5, 5.41) is 2.88. The van der Waals surface area contributed by atoms with Gasteiger partial charge in [-0.2, -0.15) is 0 Å². The minimum absolute atomic E-state index is 0.0497. The number of carbonyl (C=O) groups excluding carboxylic acids is 1. The molecule has 0 saturated carbocycles. The van der Waals surface area contributed by atoms with Crippen molar-refractivity contribution in [1.82, 2.24) is 0 Å². The number of hydrogen-bond donors (Lipinski definition) is 1. The van der Waals surface area contributed by atoms with E-state index >= 15 is 0 Å². The number of nitrogens with one attached hydrogen (secondary N) is 1. The molecule has 0 aliphatic rings. The standard InChI is InChI=1S/C15H14BrNOS/c16-12-5-4-8-14(11-12)19-10-9-15(18)17-13-6-2-1-3-7-13/h1-8,11H,9-10H2,(H,17,18). The first-order chi connectivity index (χ1) is 9.24. The molecule has 1 amide bonds. The van der Waals surface area contributed by atoms with Crippen LogP contribution >= 0.6 is 27.7 Å². The van der Waals surface area contributed by atoms with Gasteiger partial charge in [0.05, 0.1) is 0 Å². The summed E-state index contributed by atoms with van der Waals surface area (Å²) in [7, 11) is 0. The third kappa shape index (κ3) is 5.09. The largest absolute Gasteiger partial charge is 0.326 e. The van der Waals surface area contributed by atoms with Gasteiger partial charge in [0.25, 0.3) is 0 Å². The van der Waals surface area contributed by atoms with Crippen LogP contribution in [0.15, 0.2) is 64.0 Å². The molecule has 0 aromatic heterocycles. The van der Waals surface area contributed by atoms with Crippen LogP contribution in [0.2, 0.25) is 0 Å². The highest BCUT2D eigenvalue weighted by Gasteiger charge is 2.02. The van der Waals surface area contributed by atoms with E-state index in [2.05, 4.69) is 27.3 Å². The van der Waals surface area contributed by atoms with Gasteiger partial charge in [0.1, 0.15) is 0 Å². The van der Waals surface area contributed by atoms with Crippen molar-refractivity contribution in [3.8, 4) is 0 Å². The Morgan fingerprint density at radius 2 is 1.89 bits per heavy atom. The Bertz CT molecular complexity index is 545. The molecule has 0 fully saturated rings. The van der Waals surface area contributed by atoms with Gasteiger partial charge in [0, 0.05) is 27.2 Å². The molecular formula is C15H14BrNOS. The van der Waals surface area contributed by atoms with Crippen molar-refractivity contribution in [1.29, 1.82) is 0 Å². The van der Waals surface area contributed by atoms with Crippen molar-refractivity contribution in [2.75, 3.05) is 11.1 Å². The molecule has 1 N–H and O–H groups in total. The Kier molecular flexibility index (Phi) is 5.48. The van der Waals surface area contributed by atoms with E-state index in [-0.39, 0.29) is 5.91 Å². The average Bonchev–Trinajstić information content (AvgIpc) is 2.40. The molecule has 0 spiro atoms. The second kappa shape index (κ2) is 7.36. The molecule has 0 unspecified atom stereocenters. The highest BCUT2D eigenvalue weighted by molar-refractivity contribution is 9.10. The molecular weight excluding hydrogens is 322 g/mol. The van der Waals surface area contributed by atoms with Gasteiger partial charge in [-0.05, 0) is 30.3 Å². The first-order valence-corrected chi connectivity index (χ1v) is 7.75. The van der Waals surface area contributed by atoms with Gasteiger partial charge in [-0.3, -0.25) is 4.79 Å². The molecule has 0 bridgehead atoms. The van der Waals surface area contributed by atoms with E-state index in [4.69, 9.17) is 0 Å². The highest BCUT2D eigenvalue weighted by Crippen LogP contribution is 2.22. The van der Waals surface area contributed by atoms with Crippen molar-refractivity contribution in [3.63, 3.8) is 0 Å². The lowest BCUT2D eigenvalue weighted by Gasteiger charge is -2.05. The number of anilines is 1. The monoisotopic (exact) mass is 335 g/mol. The Morgan fingerprint density at radius 3 is 2.63 bits per heavy atom. The number of thioether (sulfide) groups is 1. The summed E-state index contributed by atoms with van der Waals surface area (Å²) in [6.45, 7) is 0. The normalized spacial score (nSPS) is 10.2. The van der Waals surface area contributed by atoms with Crippen LogP contribution in [0.25, 0.3) is 0 Å². The van der Waals surface area contributed by atoms with Crippen LogP contribution in [0.1, 0.15) is 6.42 Å². The van der Waals surface area contributed by atoms with Crippen LogP contribution < -0.4 is 5.32 Å². The molecule has 0 heterocycles. The van der Waals surface area contributed by atoms with Crippen molar-refractivity contribution < 1.29 is 4.79 Å². The molecule has 0 aliphatic heterocycles. The Labute approximate surface area is 125 Å². The summed E-state index contributed by atoms with van der Waals surface area (Å²) in [6, 6.07) is 17.6. The summed E-state index contributed by atoms with van der Waals surface area (Å²) in [5.41, 5.74) is 0.847. The Hall–Kier alpha value is -1.26. The second-order valence-electron chi connectivity index (χ2n) is 3.97. The quantitative estimate of drug-likeness (QED) is 0.811. The molecule has 0 radical (unpaired) electrons. The first-order valence-electron chi connectivity index (χ1n) is 5.97. The molecule has 19 heavy (non-hydrogen) atoms. The first kappa shape index (κ1) is 14.2. The van der Waals surface area contributed by atoms with Crippen molar-refractivity contribution in [3.05, 3.63) is 59.1 Å². The van der Waals surface area contributed by atoms with E-state index in [0.29, 0.717) is 6.42 Å². The maximum atomic E-state index is 11.7. The zero-order valence-corrected chi connectivity index (χ0v) is 12.7. The van der Waals surface area contributed by atoms with Gasteiger partial charge in [-0.15, -0.1) is 11.8 Å². The van der Waals surface area contributed by atoms with Crippen LogP contribution in [0.4, 0.5) is 5.69 Å². The molecule has 2 aromatic rings. The van der Waals surface area contributed by atoms with Crippen molar-refractivity contribution >= 4 is 39.3 Å². The Morgan fingerprint density at radius 1 is 1.11 bits per heavy atom. The van der Waals surface area contributed by atoms with E-state index < -0.39 is 0 Å². The average molecular weight is 336 g/mol. The number of benzene rings is 2. The van der Waals surface area contributed by atoms with Crippen LogP contribution in [-0.4, -0.2) is 11.7 Å². The van der Waals surface area contributed by atoms with Crippen LogP contribution in [0.5, 0.6) is 0 Å². The van der Waals surface area contributed by atoms with E-state index in [1.807, 2.05) is 48.5 Å². The number of amides is 1. The van der Waals surface area contributed by atoms with E-state index in [1.165, 1.54) is 4.90 Å². The highest BCUT2D eigenvalue weighted by atomic mass is 79.9. The topological polar surface area (TPSA) is 29.1 Å². The van der Waals surface area contributed by atoms with Gasteiger partial charge in [-0.1, -0.05) is 40.2 Å². The summed E-state index contributed by atoms with van der Waals surface area (Å²) in [5.74, 6) is 0.823. The number of hydrogen-bond acceptors (Lipinski definition) is 2. The van der Waals surface area contributed by atoms with Crippen molar-refractivity contribution in [2.45, 2.75) is 11.3 Å². The predicted octanol–water partition coefficient (Wildman–Crippen LogP) is 4.57. The van der Waals surface area contributed by atoms with Gasteiger partial charge < -0.3 is 5.32 Å². The van der Waals surface area contributed by atoms with Crippen LogP contribution in [0.3, 0.4) is 0 Å². The van der Waals surface area contributed by atoms with E-state index in [0.717, 1.165) is 15.9 Å². The predicted molar refractivity (Wildman–Crippen MR) is 84.6 cm³/mol. The van der Waals surface area contributed by atoms with Gasteiger partial charge >= 0.3 is 0 Å². The van der Waals surface area contributed by atoms with Gasteiger partial charge in [-0.25, -0.2) is 0 Å². The number of para-hydroxylation sites is 1. The summed E-state index contributed by atoms with van der Waals surface area (Å²) >= 11 is 5.12. The van der Waals surface area contributed by atoms with Crippen LogP contribution in [-0.2, 0) is 4.79 Å². The summed E-state index contributed by atoms with van der Waals surface area (Å²) < 4.78 is 1.06. The van der Waals surface area contributed by atoms with E-state index in [1.54, 1.807) is 11.8 Å². The minimum Gasteiger partial charge on any atom is -0.326 e. The number of rotatable bonds is 5. The van der Waals surface area contributed by atoms with Crippen molar-refractivity contribution in [2.24, 2.45) is 0 Å². The maximum absolute atomic E-state index is 11.7. The lowest BCUT2D eigenvalue weighted by molar-refractivity contribution is -0.115. The molecule has 2 rings (SSSR count).